The number of likely N-dealkylation sites (N-methyl/N-ethyl adjacent to an activating group) is 1. The van der Waals surface area contributed by atoms with Crippen molar-refractivity contribution in [3.8, 4) is 5.75 Å². The molecule has 3 N–H and O–H groups in total. The van der Waals surface area contributed by atoms with Crippen LogP contribution >= 0.6 is 0 Å². The molecule has 0 spiro atoms. The first-order valence-corrected chi connectivity index (χ1v) is 8.49. The quantitative estimate of drug-likeness (QED) is 0.589. The third-order valence-electron chi connectivity index (χ3n) is 3.75. The van der Waals surface area contributed by atoms with Crippen LogP contribution in [0.15, 0.2) is 24.3 Å². The number of quaternary nitrogens is 1. The maximum Gasteiger partial charge on any atom is 0.279 e. The van der Waals surface area contributed by atoms with Crippen LogP contribution in [0.5, 0.6) is 5.75 Å². The first-order chi connectivity index (χ1) is 11.5. The maximum absolute atomic E-state index is 12.2. The Bertz CT molecular complexity index is 532. The Morgan fingerprint density at radius 3 is 2.46 bits per heavy atom. The summed E-state index contributed by atoms with van der Waals surface area (Å²) in [6.07, 6.45) is 0.960. The molecule has 0 saturated carbocycles. The summed E-state index contributed by atoms with van der Waals surface area (Å²) in [5.74, 6) is 1.03. The molecule has 1 rings (SSSR count). The average Bonchev–Trinajstić information content (AvgIpc) is 2.54. The number of para-hydroxylation sites is 2. The van der Waals surface area contributed by atoms with Gasteiger partial charge in [-0.25, -0.2) is 0 Å². The summed E-state index contributed by atoms with van der Waals surface area (Å²) in [6, 6.07) is 7.27. The Hall–Kier alpha value is -2.08. The molecular formula is C18H30N3O3+. The lowest BCUT2D eigenvalue weighted by Crippen LogP contribution is -3.14. The van der Waals surface area contributed by atoms with E-state index in [1.54, 1.807) is 19.2 Å². The number of benzene rings is 1. The van der Waals surface area contributed by atoms with E-state index >= 15 is 0 Å². The van der Waals surface area contributed by atoms with Crippen molar-refractivity contribution in [1.82, 2.24) is 5.32 Å². The van der Waals surface area contributed by atoms with Crippen LogP contribution in [-0.2, 0) is 9.59 Å². The van der Waals surface area contributed by atoms with Crippen molar-refractivity contribution in [2.24, 2.45) is 5.92 Å². The van der Waals surface area contributed by atoms with Gasteiger partial charge in [0, 0.05) is 6.54 Å². The number of amides is 2. The molecule has 0 aliphatic carbocycles. The minimum Gasteiger partial charge on any atom is -0.495 e. The summed E-state index contributed by atoms with van der Waals surface area (Å²) in [4.78, 5) is 25.1. The molecule has 0 bridgehead atoms. The summed E-state index contributed by atoms with van der Waals surface area (Å²) >= 11 is 0. The molecule has 6 heteroatoms. The van der Waals surface area contributed by atoms with Crippen LogP contribution in [0.3, 0.4) is 0 Å². The molecule has 0 aliphatic rings. The largest absolute Gasteiger partial charge is 0.495 e. The van der Waals surface area contributed by atoms with Crippen molar-refractivity contribution in [2.45, 2.75) is 27.2 Å². The fourth-order valence-corrected chi connectivity index (χ4v) is 2.27. The molecule has 1 atom stereocenters. The Morgan fingerprint density at radius 1 is 1.17 bits per heavy atom. The zero-order valence-electron chi connectivity index (χ0n) is 15.1. The predicted octanol–water partition coefficient (Wildman–Crippen LogP) is 0.701. The van der Waals surface area contributed by atoms with E-state index in [-0.39, 0.29) is 18.4 Å². The molecule has 6 nitrogen and oxygen atoms in total. The van der Waals surface area contributed by atoms with Crippen molar-refractivity contribution >= 4 is 17.5 Å². The van der Waals surface area contributed by atoms with Crippen molar-refractivity contribution in [3.63, 3.8) is 0 Å². The van der Waals surface area contributed by atoms with E-state index in [1.807, 2.05) is 19.1 Å². The second-order valence-electron chi connectivity index (χ2n) is 6.24. The second kappa shape index (κ2) is 10.6. The molecular weight excluding hydrogens is 306 g/mol. The Labute approximate surface area is 144 Å². The van der Waals surface area contributed by atoms with E-state index in [0.717, 1.165) is 11.3 Å². The van der Waals surface area contributed by atoms with Crippen LogP contribution in [0.1, 0.15) is 27.2 Å². The van der Waals surface area contributed by atoms with Gasteiger partial charge in [0.1, 0.15) is 5.75 Å². The third-order valence-corrected chi connectivity index (χ3v) is 3.75. The number of nitrogens with one attached hydrogen (secondary N) is 3. The van der Waals surface area contributed by atoms with Gasteiger partial charge in [-0.1, -0.05) is 26.0 Å². The van der Waals surface area contributed by atoms with Gasteiger partial charge in [0.15, 0.2) is 13.1 Å². The highest BCUT2D eigenvalue weighted by molar-refractivity contribution is 5.93. The third kappa shape index (κ3) is 7.46. The molecule has 0 heterocycles. The summed E-state index contributed by atoms with van der Waals surface area (Å²) in [6.45, 7) is 8.14. The highest BCUT2D eigenvalue weighted by Crippen LogP contribution is 2.22. The minimum absolute atomic E-state index is 0.0161. The first-order valence-electron chi connectivity index (χ1n) is 8.49. The SMILES string of the molecule is CC[NH+](CC(=O)NCCC(C)C)CC(=O)Nc1ccccc1OC. The van der Waals surface area contributed by atoms with E-state index < -0.39 is 0 Å². The fourth-order valence-electron chi connectivity index (χ4n) is 2.27. The van der Waals surface area contributed by atoms with E-state index in [0.29, 0.717) is 37.0 Å². The number of rotatable bonds is 10. The van der Waals surface area contributed by atoms with Crippen LogP contribution in [0.4, 0.5) is 5.69 Å². The zero-order chi connectivity index (χ0) is 17.9. The Morgan fingerprint density at radius 2 is 1.83 bits per heavy atom. The van der Waals surface area contributed by atoms with Crippen LogP contribution < -0.4 is 20.3 Å². The average molecular weight is 336 g/mol. The van der Waals surface area contributed by atoms with Gasteiger partial charge in [0.05, 0.1) is 19.3 Å². The Kier molecular flexibility index (Phi) is 8.86. The van der Waals surface area contributed by atoms with Gasteiger partial charge in [0.25, 0.3) is 11.8 Å². The summed E-state index contributed by atoms with van der Waals surface area (Å²) in [7, 11) is 1.57. The molecule has 1 aromatic rings. The molecule has 2 amide bonds. The van der Waals surface area contributed by atoms with Crippen LogP contribution in [0.2, 0.25) is 0 Å². The van der Waals surface area contributed by atoms with Crippen molar-refractivity contribution in [2.75, 3.05) is 38.6 Å². The maximum atomic E-state index is 12.2. The summed E-state index contributed by atoms with van der Waals surface area (Å²) in [5, 5.41) is 5.75. The standard InChI is InChI=1S/C18H29N3O3/c1-5-21(12-17(22)19-11-10-14(2)3)13-18(23)20-15-8-6-7-9-16(15)24-4/h6-9,14H,5,10-13H2,1-4H3,(H,19,22)(H,20,23)/p+1. The summed E-state index contributed by atoms with van der Waals surface area (Å²) < 4.78 is 5.22. The zero-order valence-corrected chi connectivity index (χ0v) is 15.1. The lowest BCUT2D eigenvalue weighted by molar-refractivity contribution is -0.881. The monoisotopic (exact) mass is 336 g/mol. The molecule has 0 fully saturated rings. The Balaban J connectivity index is 2.46. The molecule has 1 unspecified atom stereocenters. The van der Waals surface area contributed by atoms with Gasteiger partial charge in [-0.3, -0.25) is 9.59 Å². The number of ether oxygens (including phenoxy) is 1. The molecule has 0 saturated heterocycles. The molecule has 1 aromatic carbocycles. The van der Waals surface area contributed by atoms with E-state index in [4.69, 9.17) is 4.74 Å². The van der Waals surface area contributed by atoms with Crippen molar-refractivity contribution in [3.05, 3.63) is 24.3 Å². The normalized spacial score (nSPS) is 11.9. The molecule has 0 radical (unpaired) electrons. The van der Waals surface area contributed by atoms with E-state index in [1.165, 1.54) is 0 Å². The molecule has 0 aliphatic heterocycles. The predicted molar refractivity (Wildman–Crippen MR) is 95.3 cm³/mol. The number of hydrogen-bond donors (Lipinski definition) is 3. The van der Waals surface area contributed by atoms with Crippen molar-refractivity contribution < 1.29 is 19.2 Å². The minimum atomic E-state index is -0.133. The number of methoxy groups -OCH3 is 1. The number of carbonyl (C=O) groups is 2. The highest BCUT2D eigenvalue weighted by Gasteiger charge is 2.17. The topological polar surface area (TPSA) is 71.9 Å². The van der Waals surface area contributed by atoms with Gasteiger partial charge < -0.3 is 20.3 Å². The van der Waals surface area contributed by atoms with E-state index in [2.05, 4.69) is 24.5 Å². The van der Waals surface area contributed by atoms with Gasteiger partial charge in [-0.05, 0) is 31.4 Å². The number of hydrogen-bond acceptors (Lipinski definition) is 3. The van der Waals surface area contributed by atoms with Crippen LogP contribution in [0.25, 0.3) is 0 Å². The number of anilines is 1. The van der Waals surface area contributed by atoms with Crippen LogP contribution in [0, 0.1) is 5.92 Å². The van der Waals surface area contributed by atoms with Gasteiger partial charge in [-0.15, -0.1) is 0 Å². The highest BCUT2D eigenvalue weighted by atomic mass is 16.5. The molecule has 24 heavy (non-hydrogen) atoms. The second-order valence-corrected chi connectivity index (χ2v) is 6.24. The van der Waals surface area contributed by atoms with E-state index in [9.17, 15) is 9.59 Å². The van der Waals surface area contributed by atoms with Crippen molar-refractivity contribution in [1.29, 1.82) is 0 Å². The molecule has 134 valence electrons. The van der Waals surface area contributed by atoms with Gasteiger partial charge in [-0.2, -0.15) is 0 Å². The van der Waals surface area contributed by atoms with Gasteiger partial charge in [0.2, 0.25) is 0 Å². The van der Waals surface area contributed by atoms with Gasteiger partial charge >= 0.3 is 0 Å². The summed E-state index contributed by atoms with van der Waals surface area (Å²) in [5.41, 5.74) is 0.641. The number of carbonyl (C=O) groups excluding carboxylic acids is 2. The van der Waals surface area contributed by atoms with Crippen LogP contribution in [-0.4, -0.2) is 45.1 Å². The lowest BCUT2D eigenvalue weighted by atomic mass is 10.1. The fraction of sp³-hybridized carbons (Fsp3) is 0.556. The lowest BCUT2D eigenvalue weighted by Gasteiger charge is -2.17. The molecule has 0 aromatic heterocycles. The first kappa shape index (κ1) is 20.0. The smallest absolute Gasteiger partial charge is 0.279 e.